The Balaban J connectivity index is 3.06. The van der Waals surface area contributed by atoms with Crippen molar-refractivity contribution in [2.45, 2.75) is 77.6 Å². The van der Waals surface area contributed by atoms with Crippen LogP contribution in [-0.4, -0.2) is 185 Å². The van der Waals surface area contributed by atoms with Crippen molar-refractivity contribution in [3.63, 3.8) is 0 Å². The summed E-state index contributed by atoms with van der Waals surface area (Å²) in [5.41, 5.74) is 0. The molecule has 0 N–H and O–H groups in total. The molecule has 0 fully saturated rings. The van der Waals surface area contributed by atoms with Crippen LogP contribution < -0.4 is 0 Å². The van der Waals surface area contributed by atoms with Gasteiger partial charge in [-0.3, -0.25) is 4.79 Å². The molecule has 330 valence electrons. The highest BCUT2D eigenvalue weighted by Crippen LogP contribution is 2.10. The van der Waals surface area contributed by atoms with E-state index in [0.717, 1.165) is 13.0 Å². The zero-order valence-corrected chi connectivity index (χ0v) is 34.8. The van der Waals surface area contributed by atoms with Crippen molar-refractivity contribution in [2.75, 3.05) is 179 Å². The van der Waals surface area contributed by atoms with Gasteiger partial charge in [0.15, 0.2) is 0 Å². The maximum Gasteiger partial charge on any atom is 0.307 e. The van der Waals surface area contributed by atoms with Gasteiger partial charge >= 0.3 is 5.97 Å². The molecule has 0 aromatic rings. The van der Waals surface area contributed by atoms with Gasteiger partial charge in [-0.25, -0.2) is 0 Å². The fraction of sp³-hybridized carbons (Fsp3) is 0.975. The second kappa shape index (κ2) is 51.0. The normalized spacial score (nSPS) is 11.5. The van der Waals surface area contributed by atoms with Crippen LogP contribution in [0.3, 0.4) is 0 Å². The van der Waals surface area contributed by atoms with Gasteiger partial charge < -0.3 is 66.3 Å². The number of ether oxygens (including phenoxy) is 14. The molecule has 0 aliphatic heterocycles. The number of methoxy groups -OCH3 is 1. The standard InChI is InChI=1S/C40H80O15/c1-3-4-5-6-7-8-9-10-11-12-14-43-16-18-45-20-22-47-24-26-49-28-30-51-32-34-53-36-38-55-39-37-54-35-33-52-31-29-50-27-25-48-23-21-46-19-17-44-15-13-40(41)42-2/h3-39H2,1-2H3. The van der Waals surface area contributed by atoms with Crippen molar-refractivity contribution >= 4 is 5.97 Å². The molecule has 15 nitrogen and oxygen atoms in total. The van der Waals surface area contributed by atoms with Crippen molar-refractivity contribution in [1.82, 2.24) is 0 Å². The molecule has 55 heavy (non-hydrogen) atoms. The molecule has 0 atom stereocenters. The SMILES string of the molecule is CCCCCCCCCCCCOCCOCCOCCOCCOCCOCCOCCOCCOCCOCCOCCOCCOCCC(=O)OC. The van der Waals surface area contributed by atoms with Gasteiger partial charge in [-0.2, -0.15) is 0 Å². The number of carbonyl (C=O) groups excluding carboxylic acids is 1. The maximum absolute atomic E-state index is 10.9. The largest absolute Gasteiger partial charge is 0.469 e. The van der Waals surface area contributed by atoms with Crippen LogP contribution in [0.2, 0.25) is 0 Å². The van der Waals surface area contributed by atoms with E-state index < -0.39 is 0 Å². The van der Waals surface area contributed by atoms with E-state index in [4.69, 9.17) is 61.6 Å². The minimum Gasteiger partial charge on any atom is -0.469 e. The molecule has 0 heterocycles. The lowest BCUT2D eigenvalue weighted by molar-refractivity contribution is -0.141. The molecular formula is C40H80O15. The molecular weight excluding hydrogens is 720 g/mol. The van der Waals surface area contributed by atoms with Gasteiger partial charge in [0.25, 0.3) is 0 Å². The van der Waals surface area contributed by atoms with Gasteiger partial charge in [0.2, 0.25) is 0 Å². The molecule has 0 aliphatic rings. The van der Waals surface area contributed by atoms with E-state index in [1.165, 1.54) is 64.9 Å². The second-order valence-electron chi connectivity index (χ2n) is 12.5. The van der Waals surface area contributed by atoms with Crippen LogP contribution >= 0.6 is 0 Å². The molecule has 0 radical (unpaired) electrons. The molecule has 15 heteroatoms. The van der Waals surface area contributed by atoms with Gasteiger partial charge in [0.1, 0.15) is 0 Å². The summed E-state index contributed by atoms with van der Waals surface area (Å²) in [4.78, 5) is 10.9. The van der Waals surface area contributed by atoms with Gasteiger partial charge in [-0.05, 0) is 6.42 Å². The van der Waals surface area contributed by atoms with Gasteiger partial charge in [-0.1, -0.05) is 64.7 Å². The molecule has 0 rings (SSSR count). The monoisotopic (exact) mass is 801 g/mol. The molecule has 0 saturated carbocycles. The van der Waals surface area contributed by atoms with Crippen molar-refractivity contribution in [2.24, 2.45) is 0 Å². The molecule has 0 aliphatic carbocycles. The highest BCUT2D eigenvalue weighted by molar-refractivity contribution is 5.69. The van der Waals surface area contributed by atoms with Crippen molar-refractivity contribution in [3.05, 3.63) is 0 Å². The third kappa shape index (κ3) is 50.9. The number of hydrogen-bond acceptors (Lipinski definition) is 15. The van der Waals surface area contributed by atoms with E-state index in [0.29, 0.717) is 165 Å². The zero-order valence-electron chi connectivity index (χ0n) is 34.8. The Morgan fingerprint density at radius 3 is 0.709 bits per heavy atom. The van der Waals surface area contributed by atoms with Crippen molar-refractivity contribution in [3.8, 4) is 0 Å². The Hall–Kier alpha value is -1.05. The summed E-state index contributed by atoms with van der Waals surface area (Å²) in [6, 6.07) is 0. The average Bonchev–Trinajstić information content (AvgIpc) is 3.20. The first kappa shape index (κ1) is 53.9. The fourth-order valence-corrected chi connectivity index (χ4v) is 4.69. The van der Waals surface area contributed by atoms with Gasteiger partial charge in [0.05, 0.1) is 179 Å². The lowest BCUT2D eigenvalue weighted by atomic mass is 10.1. The quantitative estimate of drug-likeness (QED) is 0.0619. The lowest BCUT2D eigenvalue weighted by Gasteiger charge is -2.09. The fourth-order valence-electron chi connectivity index (χ4n) is 4.69. The Bertz CT molecular complexity index is 707. The van der Waals surface area contributed by atoms with Gasteiger partial charge in [0, 0.05) is 6.61 Å². The Labute approximate surface area is 333 Å². The zero-order chi connectivity index (χ0) is 39.6. The smallest absolute Gasteiger partial charge is 0.307 e. The van der Waals surface area contributed by atoms with Crippen molar-refractivity contribution in [1.29, 1.82) is 0 Å². The number of carbonyl (C=O) groups is 1. The number of esters is 1. The predicted molar refractivity (Wildman–Crippen MR) is 209 cm³/mol. The van der Waals surface area contributed by atoms with E-state index in [-0.39, 0.29) is 12.4 Å². The molecule has 0 aromatic heterocycles. The third-order valence-electron chi connectivity index (χ3n) is 7.78. The average molecular weight is 801 g/mol. The summed E-state index contributed by atoms with van der Waals surface area (Å²) >= 11 is 0. The molecule has 0 aromatic carbocycles. The van der Waals surface area contributed by atoms with Crippen LogP contribution in [0.1, 0.15) is 77.6 Å². The number of hydrogen-bond donors (Lipinski definition) is 0. The first-order valence-corrected chi connectivity index (χ1v) is 20.9. The summed E-state index contributed by atoms with van der Waals surface area (Å²) in [6.45, 7) is 15.7. The third-order valence-corrected chi connectivity index (χ3v) is 7.78. The molecule has 0 bridgehead atoms. The minimum absolute atomic E-state index is 0.244. The van der Waals surface area contributed by atoms with E-state index in [1.807, 2.05) is 0 Å². The summed E-state index contributed by atoms with van der Waals surface area (Å²) in [5, 5.41) is 0. The summed E-state index contributed by atoms with van der Waals surface area (Å²) in [6.07, 6.45) is 13.6. The first-order chi connectivity index (χ1) is 27.3. The van der Waals surface area contributed by atoms with E-state index in [9.17, 15) is 4.79 Å². The summed E-state index contributed by atoms with van der Waals surface area (Å²) in [5.74, 6) is -0.285. The van der Waals surface area contributed by atoms with Crippen LogP contribution in [0.5, 0.6) is 0 Å². The molecule has 0 spiro atoms. The Morgan fingerprint density at radius 2 is 0.473 bits per heavy atom. The van der Waals surface area contributed by atoms with Crippen LogP contribution in [-0.2, 0) is 71.1 Å². The van der Waals surface area contributed by atoms with E-state index in [2.05, 4.69) is 11.7 Å². The molecule has 0 unspecified atom stereocenters. The molecule has 0 amide bonds. The predicted octanol–water partition coefficient (Wildman–Crippen LogP) is 4.69. The molecule has 0 saturated heterocycles. The van der Waals surface area contributed by atoms with Crippen LogP contribution in [0.15, 0.2) is 0 Å². The van der Waals surface area contributed by atoms with Crippen molar-refractivity contribution < 1.29 is 71.1 Å². The second-order valence-corrected chi connectivity index (χ2v) is 12.5. The minimum atomic E-state index is -0.285. The van der Waals surface area contributed by atoms with E-state index in [1.54, 1.807) is 0 Å². The van der Waals surface area contributed by atoms with Gasteiger partial charge in [-0.15, -0.1) is 0 Å². The maximum atomic E-state index is 10.9. The lowest BCUT2D eigenvalue weighted by Crippen LogP contribution is -2.15. The first-order valence-electron chi connectivity index (χ1n) is 20.9. The highest BCUT2D eigenvalue weighted by atomic mass is 16.6. The topological polar surface area (TPSA) is 146 Å². The highest BCUT2D eigenvalue weighted by Gasteiger charge is 2.00. The van der Waals surface area contributed by atoms with Crippen LogP contribution in [0.25, 0.3) is 0 Å². The number of unbranched alkanes of at least 4 members (excludes halogenated alkanes) is 9. The van der Waals surface area contributed by atoms with Crippen LogP contribution in [0.4, 0.5) is 0 Å². The summed E-state index contributed by atoms with van der Waals surface area (Å²) in [7, 11) is 1.35. The number of rotatable bonds is 50. The Kier molecular flexibility index (Phi) is 50.0. The Morgan fingerprint density at radius 1 is 0.273 bits per heavy atom. The summed E-state index contributed by atoms with van der Waals surface area (Å²) < 4.78 is 75.8. The van der Waals surface area contributed by atoms with E-state index >= 15 is 0 Å². The van der Waals surface area contributed by atoms with Crippen LogP contribution in [0, 0.1) is 0 Å².